The Morgan fingerprint density at radius 1 is 1.21 bits per heavy atom. The highest BCUT2D eigenvalue weighted by atomic mass is 19.2. The molecule has 0 radical (unpaired) electrons. The lowest BCUT2D eigenvalue weighted by Gasteiger charge is -2.05. The lowest BCUT2D eigenvalue weighted by atomic mass is 10.1. The van der Waals surface area contributed by atoms with Gasteiger partial charge < -0.3 is 5.32 Å². The van der Waals surface area contributed by atoms with Gasteiger partial charge in [-0.1, -0.05) is 12.1 Å². The number of nitrogens with one attached hydrogen (secondary N) is 1. The Balaban J connectivity index is 1.92. The molecular weight excluding hydrogens is 250 g/mol. The Bertz CT molecular complexity index is 573. The van der Waals surface area contributed by atoms with Gasteiger partial charge in [0.15, 0.2) is 11.6 Å². The number of amides is 1. The molecule has 5 heteroatoms. The van der Waals surface area contributed by atoms with E-state index >= 15 is 0 Å². The fourth-order valence-corrected chi connectivity index (χ4v) is 1.65. The van der Waals surface area contributed by atoms with Gasteiger partial charge in [-0.15, -0.1) is 0 Å². The van der Waals surface area contributed by atoms with Crippen molar-refractivity contribution in [2.24, 2.45) is 0 Å². The number of carbonyl (C=O) groups excluding carboxylic acids is 1. The van der Waals surface area contributed by atoms with Gasteiger partial charge in [-0.3, -0.25) is 9.78 Å². The Labute approximate surface area is 109 Å². The van der Waals surface area contributed by atoms with Crippen LogP contribution in [0.2, 0.25) is 0 Å². The number of rotatable bonds is 4. The summed E-state index contributed by atoms with van der Waals surface area (Å²) in [6, 6.07) is 7.34. The molecule has 0 aliphatic carbocycles. The second-order valence-corrected chi connectivity index (χ2v) is 4.00. The second-order valence-electron chi connectivity index (χ2n) is 4.00. The monoisotopic (exact) mass is 262 g/mol. The third-order valence-electron chi connectivity index (χ3n) is 2.60. The van der Waals surface area contributed by atoms with Gasteiger partial charge in [0.25, 0.3) is 0 Å². The number of hydrogen-bond donors (Lipinski definition) is 1. The summed E-state index contributed by atoms with van der Waals surface area (Å²) in [4.78, 5) is 15.5. The van der Waals surface area contributed by atoms with Gasteiger partial charge in [0.1, 0.15) is 0 Å². The topological polar surface area (TPSA) is 42.0 Å². The van der Waals surface area contributed by atoms with Crippen LogP contribution in [0.25, 0.3) is 0 Å². The average Bonchev–Trinajstić information content (AvgIpc) is 2.42. The Kier molecular flexibility index (Phi) is 4.18. The Hall–Kier alpha value is -2.30. The van der Waals surface area contributed by atoms with E-state index in [1.807, 2.05) is 0 Å². The molecule has 2 rings (SSSR count). The van der Waals surface area contributed by atoms with Gasteiger partial charge in [-0.2, -0.15) is 0 Å². The third kappa shape index (κ3) is 3.58. The van der Waals surface area contributed by atoms with Crippen molar-refractivity contribution in [3.05, 3.63) is 59.9 Å². The number of carbonyl (C=O) groups is 1. The molecule has 2 aromatic rings. The summed E-state index contributed by atoms with van der Waals surface area (Å²) in [5, 5.41) is 2.63. The molecule has 0 spiro atoms. The van der Waals surface area contributed by atoms with Gasteiger partial charge in [-0.25, -0.2) is 8.78 Å². The van der Waals surface area contributed by atoms with Crippen LogP contribution < -0.4 is 5.32 Å². The van der Waals surface area contributed by atoms with Crippen LogP contribution in [-0.4, -0.2) is 10.9 Å². The molecule has 1 heterocycles. The molecule has 0 unspecified atom stereocenters. The lowest BCUT2D eigenvalue weighted by molar-refractivity contribution is -0.116. The van der Waals surface area contributed by atoms with Crippen LogP contribution >= 0.6 is 0 Å². The van der Waals surface area contributed by atoms with Crippen LogP contribution in [0.4, 0.5) is 14.5 Å². The molecule has 0 bridgehead atoms. The normalized spacial score (nSPS) is 10.2. The third-order valence-corrected chi connectivity index (χ3v) is 2.60. The van der Waals surface area contributed by atoms with Crippen LogP contribution in [0.3, 0.4) is 0 Å². The van der Waals surface area contributed by atoms with E-state index in [1.165, 1.54) is 18.3 Å². The van der Waals surface area contributed by atoms with Crippen molar-refractivity contribution in [1.29, 1.82) is 0 Å². The predicted molar refractivity (Wildman–Crippen MR) is 67.5 cm³/mol. The van der Waals surface area contributed by atoms with Crippen LogP contribution in [0, 0.1) is 11.6 Å². The minimum absolute atomic E-state index is 0.0786. The molecule has 0 saturated carbocycles. The van der Waals surface area contributed by atoms with E-state index in [0.29, 0.717) is 5.69 Å². The molecule has 0 atom stereocenters. The Morgan fingerprint density at radius 2 is 2.05 bits per heavy atom. The molecule has 0 aliphatic heterocycles. The zero-order valence-electron chi connectivity index (χ0n) is 10.1. The minimum Gasteiger partial charge on any atom is -0.325 e. The highest BCUT2D eigenvalue weighted by molar-refractivity contribution is 5.90. The summed E-state index contributed by atoms with van der Waals surface area (Å²) >= 11 is 0. The SMILES string of the molecule is O=C(CCc1cccc(F)c1F)Nc1cccnc1. The first-order valence-electron chi connectivity index (χ1n) is 5.79. The van der Waals surface area contributed by atoms with Gasteiger partial charge in [0.2, 0.25) is 5.91 Å². The number of pyridine rings is 1. The molecule has 19 heavy (non-hydrogen) atoms. The van der Waals surface area contributed by atoms with Gasteiger partial charge >= 0.3 is 0 Å². The summed E-state index contributed by atoms with van der Waals surface area (Å²) in [7, 11) is 0. The van der Waals surface area contributed by atoms with E-state index in [0.717, 1.165) is 6.07 Å². The number of aromatic nitrogens is 1. The van der Waals surface area contributed by atoms with Crippen LogP contribution in [0.5, 0.6) is 0 Å². The van der Waals surface area contributed by atoms with E-state index in [-0.39, 0.29) is 24.3 Å². The number of anilines is 1. The van der Waals surface area contributed by atoms with E-state index in [9.17, 15) is 13.6 Å². The first-order chi connectivity index (χ1) is 9.16. The average molecular weight is 262 g/mol. The van der Waals surface area contributed by atoms with Crippen molar-refractivity contribution >= 4 is 11.6 Å². The lowest BCUT2D eigenvalue weighted by Crippen LogP contribution is -2.12. The first kappa shape index (κ1) is 13.1. The van der Waals surface area contributed by atoms with E-state index < -0.39 is 11.6 Å². The van der Waals surface area contributed by atoms with E-state index in [4.69, 9.17) is 0 Å². The maximum atomic E-state index is 13.4. The largest absolute Gasteiger partial charge is 0.325 e. The minimum atomic E-state index is -0.898. The zero-order chi connectivity index (χ0) is 13.7. The predicted octanol–water partition coefficient (Wildman–Crippen LogP) is 2.93. The Morgan fingerprint density at radius 3 is 2.79 bits per heavy atom. The molecule has 98 valence electrons. The van der Waals surface area contributed by atoms with Crippen molar-refractivity contribution < 1.29 is 13.6 Å². The second kappa shape index (κ2) is 6.04. The molecule has 0 aliphatic rings. The molecular formula is C14H12F2N2O. The first-order valence-corrected chi connectivity index (χ1v) is 5.79. The van der Waals surface area contributed by atoms with Crippen LogP contribution in [0.1, 0.15) is 12.0 Å². The molecule has 0 fully saturated rings. The number of hydrogen-bond acceptors (Lipinski definition) is 2. The zero-order valence-corrected chi connectivity index (χ0v) is 10.1. The van der Waals surface area contributed by atoms with E-state index in [2.05, 4.69) is 10.3 Å². The summed E-state index contributed by atoms with van der Waals surface area (Å²) < 4.78 is 26.3. The highest BCUT2D eigenvalue weighted by Crippen LogP contribution is 2.13. The van der Waals surface area contributed by atoms with Crippen molar-refractivity contribution in [2.75, 3.05) is 5.32 Å². The summed E-state index contributed by atoms with van der Waals surface area (Å²) in [6.45, 7) is 0. The number of aryl methyl sites for hydroxylation is 1. The number of halogens is 2. The highest BCUT2D eigenvalue weighted by Gasteiger charge is 2.09. The number of nitrogens with zero attached hydrogens (tertiary/aromatic N) is 1. The van der Waals surface area contributed by atoms with Gasteiger partial charge in [0.05, 0.1) is 11.9 Å². The summed E-state index contributed by atoms with van der Waals surface area (Å²) in [5.74, 6) is -2.06. The van der Waals surface area contributed by atoms with Gasteiger partial charge in [0, 0.05) is 12.6 Å². The maximum absolute atomic E-state index is 13.4. The maximum Gasteiger partial charge on any atom is 0.224 e. The van der Waals surface area contributed by atoms with Crippen LogP contribution in [-0.2, 0) is 11.2 Å². The quantitative estimate of drug-likeness (QED) is 0.920. The summed E-state index contributed by atoms with van der Waals surface area (Å²) in [6.07, 6.45) is 3.34. The van der Waals surface area contributed by atoms with Crippen molar-refractivity contribution in [3.8, 4) is 0 Å². The fourth-order valence-electron chi connectivity index (χ4n) is 1.65. The van der Waals surface area contributed by atoms with E-state index in [1.54, 1.807) is 18.3 Å². The molecule has 3 nitrogen and oxygen atoms in total. The molecule has 1 aromatic heterocycles. The smallest absolute Gasteiger partial charge is 0.224 e. The number of benzene rings is 1. The van der Waals surface area contributed by atoms with Gasteiger partial charge in [-0.05, 0) is 30.2 Å². The standard InChI is InChI=1S/C14H12F2N2O/c15-12-5-1-3-10(14(12)16)6-7-13(19)18-11-4-2-8-17-9-11/h1-5,8-9H,6-7H2,(H,18,19). The van der Waals surface area contributed by atoms with Crippen molar-refractivity contribution in [3.63, 3.8) is 0 Å². The van der Waals surface area contributed by atoms with Crippen molar-refractivity contribution in [1.82, 2.24) is 4.98 Å². The summed E-state index contributed by atoms with van der Waals surface area (Å²) in [5.41, 5.74) is 0.772. The molecule has 1 aromatic carbocycles. The molecule has 0 saturated heterocycles. The molecule has 1 amide bonds. The molecule has 1 N–H and O–H groups in total. The van der Waals surface area contributed by atoms with Crippen molar-refractivity contribution in [2.45, 2.75) is 12.8 Å². The fraction of sp³-hybridized carbons (Fsp3) is 0.143. The van der Waals surface area contributed by atoms with Crippen LogP contribution in [0.15, 0.2) is 42.7 Å².